The molecule has 1 saturated carbocycles. The molecular formula is C11H24N2. The molecule has 2 nitrogen and oxygen atoms in total. The molecule has 0 heterocycles. The maximum absolute atomic E-state index is 3.48. The molecular weight excluding hydrogens is 160 g/mol. The summed E-state index contributed by atoms with van der Waals surface area (Å²) in [6.07, 6.45) is 2.68. The lowest BCUT2D eigenvalue weighted by Crippen LogP contribution is -2.49. The highest BCUT2D eigenvalue weighted by atomic mass is 15.2. The summed E-state index contributed by atoms with van der Waals surface area (Å²) in [6.45, 7) is 8.13. The fourth-order valence-corrected chi connectivity index (χ4v) is 2.66. The molecule has 1 rings (SSSR count). The van der Waals surface area contributed by atoms with Gasteiger partial charge in [-0.2, -0.15) is 0 Å². The number of nitrogens with one attached hydrogen (secondary N) is 1. The molecule has 0 spiro atoms. The van der Waals surface area contributed by atoms with Crippen LogP contribution in [0.25, 0.3) is 0 Å². The van der Waals surface area contributed by atoms with Crippen molar-refractivity contribution in [1.29, 1.82) is 0 Å². The highest BCUT2D eigenvalue weighted by molar-refractivity contribution is 4.99. The summed E-state index contributed by atoms with van der Waals surface area (Å²) in [7, 11) is 4.32. The van der Waals surface area contributed by atoms with Crippen LogP contribution in [0.15, 0.2) is 0 Å². The van der Waals surface area contributed by atoms with Crippen molar-refractivity contribution in [2.24, 2.45) is 5.41 Å². The van der Waals surface area contributed by atoms with E-state index < -0.39 is 0 Å². The monoisotopic (exact) mass is 184 g/mol. The van der Waals surface area contributed by atoms with Gasteiger partial charge in [0.1, 0.15) is 0 Å². The van der Waals surface area contributed by atoms with Crippen LogP contribution in [0.2, 0.25) is 0 Å². The maximum Gasteiger partial charge on any atom is 0.0271 e. The van der Waals surface area contributed by atoms with E-state index in [1.807, 2.05) is 0 Å². The topological polar surface area (TPSA) is 15.3 Å². The fourth-order valence-electron chi connectivity index (χ4n) is 2.66. The summed E-state index contributed by atoms with van der Waals surface area (Å²) < 4.78 is 0. The first-order chi connectivity index (χ1) is 6.03. The minimum Gasteiger partial charge on any atom is -0.315 e. The van der Waals surface area contributed by atoms with Crippen molar-refractivity contribution in [3.05, 3.63) is 0 Å². The van der Waals surface area contributed by atoms with Gasteiger partial charge in [0.05, 0.1) is 0 Å². The Labute approximate surface area is 82.7 Å². The predicted octanol–water partition coefficient (Wildman–Crippen LogP) is 1.71. The van der Waals surface area contributed by atoms with Gasteiger partial charge in [-0.15, -0.1) is 0 Å². The summed E-state index contributed by atoms with van der Waals surface area (Å²) >= 11 is 0. The summed E-state index contributed by atoms with van der Waals surface area (Å²) in [5.41, 5.74) is 0.461. The second-order valence-electron chi connectivity index (χ2n) is 4.93. The lowest BCUT2D eigenvalue weighted by Gasteiger charge is -2.34. The van der Waals surface area contributed by atoms with Crippen molar-refractivity contribution in [2.75, 3.05) is 20.6 Å². The van der Waals surface area contributed by atoms with Gasteiger partial charge in [0.15, 0.2) is 0 Å². The average Bonchev–Trinajstić information content (AvgIpc) is 2.39. The highest BCUT2D eigenvalue weighted by Crippen LogP contribution is 2.39. The van der Waals surface area contributed by atoms with Gasteiger partial charge < -0.3 is 10.2 Å². The Morgan fingerprint density at radius 1 is 1.46 bits per heavy atom. The van der Waals surface area contributed by atoms with Gasteiger partial charge in [-0.05, 0) is 38.9 Å². The first-order valence-corrected chi connectivity index (χ1v) is 5.40. The Morgan fingerprint density at radius 2 is 2.08 bits per heavy atom. The largest absolute Gasteiger partial charge is 0.315 e. The molecule has 1 aliphatic carbocycles. The zero-order chi connectivity index (χ0) is 10.1. The van der Waals surface area contributed by atoms with Crippen LogP contribution in [0, 0.1) is 5.41 Å². The number of hydrogen-bond acceptors (Lipinski definition) is 2. The molecule has 78 valence electrons. The number of hydrogen-bond donors (Lipinski definition) is 1. The Hall–Kier alpha value is -0.0800. The molecule has 13 heavy (non-hydrogen) atoms. The fraction of sp³-hybridized carbons (Fsp3) is 1.00. The Bertz CT molecular complexity index is 165. The van der Waals surface area contributed by atoms with Crippen LogP contribution in [0.5, 0.6) is 0 Å². The van der Waals surface area contributed by atoms with Crippen LogP contribution in [-0.2, 0) is 0 Å². The maximum atomic E-state index is 3.48. The van der Waals surface area contributed by atoms with E-state index in [4.69, 9.17) is 0 Å². The van der Waals surface area contributed by atoms with E-state index in [2.05, 4.69) is 45.1 Å². The van der Waals surface area contributed by atoms with Crippen LogP contribution in [0.1, 0.15) is 33.6 Å². The van der Waals surface area contributed by atoms with Gasteiger partial charge in [0.25, 0.3) is 0 Å². The Kier molecular flexibility index (Phi) is 3.36. The second-order valence-corrected chi connectivity index (χ2v) is 4.93. The highest BCUT2D eigenvalue weighted by Gasteiger charge is 2.42. The molecule has 0 aromatic carbocycles. The van der Waals surface area contributed by atoms with Crippen molar-refractivity contribution in [2.45, 2.75) is 45.7 Å². The van der Waals surface area contributed by atoms with Crippen molar-refractivity contribution >= 4 is 0 Å². The molecule has 2 atom stereocenters. The summed E-state index contributed by atoms with van der Waals surface area (Å²) in [6, 6.07) is 1.38. The molecule has 0 bridgehead atoms. The molecule has 2 unspecified atom stereocenters. The van der Waals surface area contributed by atoms with Crippen LogP contribution < -0.4 is 5.32 Å². The summed E-state index contributed by atoms with van der Waals surface area (Å²) in [5, 5.41) is 3.48. The zero-order valence-electron chi connectivity index (χ0n) is 9.72. The van der Waals surface area contributed by atoms with E-state index in [0.29, 0.717) is 11.5 Å². The molecule has 0 saturated heterocycles. The van der Waals surface area contributed by atoms with Crippen molar-refractivity contribution < 1.29 is 0 Å². The minimum absolute atomic E-state index is 0.461. The molecule has 1 fully saturated rings. The molecule has 2 heteroatoms. The molecule has 0 radical (unpaired) electrons. The van der Waals surface area contributed by atoms with Gasteiger partial charge in [-0.3, -0.25) is 0 Å². The lowest BCUT2D eigenvalue weighted by atomic mass is 9.86. The standard InChI is InChI=1S/C11H24N2/c1-6-13(5)9-7-8-11(2,3)10(9)12-4/h9-10,12H,6-8H2,1-5H3. The zero-order valence-corrected chi connectivity index (χ0v) is 9.72. The average molecular weight is 184 g/mol. The Balaban J connectivity index is 2.68. The Morgan fingerprint density at radius 3 is 2.54 bits per heavy atom. The van der Waals surface area contributed by atoms with Crippen LogP contribution in [-0.4, -0.2) is 37.6 Å². The van der Waals surface area contributed by atoms with E-state index in [1.54, 1.807) is 0 Å². The van der Waals surface area contributed by atoms with Crippen molar-refractivity contribution in [3.63, 3.8) is 0 Å². The van der Waals surface area contributed by atoms with Gasteiger partial charge in [0, 0.05) is 12.1 Å². The molecule has 0 aromatic rings. The van der Waals surface area contributed by atoms with Crippen molar-refractivity contribution in [1.82, 2.24) is 10.2 Å². The molecule has 1 N–H and O–H groups in total. The summed E-state index contributed by atoms with van der Waals surface area (Å²) in [5.74, 6) is 0. The van der Waals surface area contributed by atoms with E-state index in [0.717, 1.165) is 12.6 Å². The van der Waals surface area contributed by atoms with E-state index in [9.17, 15) is 0 Å². The minimum atomic E-state index is 0.461. The van der Waals surface area contributed by atoms with E-state index in [-0.39, 0.29) is 0 Å². The number of nitrogens with zero attached hydrogens (tertiary/aromatic N) is 1. The summed E-state index contributed by atoms with van der Waals surface area (Å²) in [4.78, 5) is 2.47. The number of likely N-dealkylation sites (N-methyl/N-ethyl adjacent to an activating group) is 2. The van der Waals surface area contributed by atoms with Crippen LogP contribution in [0.3, 0.4) is 0 Å². The lowest BCUT2D eigenvalue weighted by molar-refractivity contribution is 0.184. The first-order valence-electron chi connectivity index (χ1n) is 5.40. The van der Waals surface area contributed by atoms with Gasteiger partial charge in [-0.1, -0.05) is 20.8 Å². The van der Waals surface area contributed by atoms with Crippen molar-refractivity contribution in [3.8, 4) is 0 Å². The molecule has 0 aromatic heterocycles. The quantitative estimate of drug-likeness (QED) is 0.718. The third-order valence-corrected chi connectivity index (χ3v) is 3.69. The smallest absolute Gasteiger partial charge is 0.0271 e. The second kappa shape index (κ2) is 3.97. The van der Waals surface area contributed by atoms with Gasteiger partial charge in [0.2, 0.25) is 0 Å². The molecule has 0 amide bonds. The van der Waals surface area contributed by atoms with E-state index in [1.165, 1.54) is 12.8 Å². The van der Waals surface area contributed by atoms with Crippen LogP contribution in [0.4, 0.5) is 0 Å². The first kappa shape index (κ1) is 11.0. The normalized spacial score (nSPS) is 32.8. The van der Waals surface area contributed by atoms with E-state index >= 15 is 0 Å². The number of rotatable bonds is 3. The van der Waals surface area contributed by atoms with Gasteiger partial charge in [-0.25, -0.2) is 0 Å². The van der Waals surface area contributed by atoms with Gasteiger partial charge >= 0.3 is 0 Å². The molecule has 1 aliphatic rings. The predicted molar refractivity (Wildman–Crippen MR) is 58.0 cm³/mol. The SMILES string of the molecule is CCN(C)C1CCC(C)(C)C1NC. The third-order valence-electron chi connectivity index (χ3n) is 3.69. The van der Waals surface area contributed by atoms with Crippen LogP contribution >= 0.6 is 0 Å². The molecule has 0 aliphatic heterocycles. The third kappa shape index (κ3) is 2.05.